The maximum atomic E-state index is 13.0. The number of carbonyl (C=O) groups is 1. The van der Waals surface area contributed by atoms with Gasteiger partial charge in [0.25, 0.3) is 5.91 Å². The predicted molar refractivity (Wildman–Crippen MR) is 111 cm³/mol. The van der Waals surface area contributed by atoms with E-state index in [1.165, 1.54) is 30.5 Å². The van der Waals surface area contributed by atoms with Gasteiger partial charge in [-0.25, -0.2) is 9.37 Å². The van der Waals surface area contributed by atoms with Crippen LogP contribution in [0.25, 0.3) is 5.65 Å². The number of nitrogens with zero attached hydrogens (tertiary/aromatic N) is 2. The maximum absolute atomic E-state index is 13.0. The van der Waals surface area contributed by atoms with E-state index in [4.69, 9.17) is 4.74 Å². The SMILES string of the molecule is O=C(NCc1ccc(F)cc1)c1nc2c(OCc3ccccc3)cccn2c(=O)c1O. The van der Waals surface area contributed by atoms with Crippen LogP contribution in [-0.2, 0) is 13.2 Å². The van der Waals surface area contributed by atoms with Gasteiger partial charge < -0.3 is 15.2 Å². The Labute approximate surface area is 176 Å². The van der Waals surface area contributed by atoms with Crippen LogP contribution in [0.5, 0.6) is 11.5 Å². The van der Waals surface area contributed by atoms with Crippen LogP contribution in [0.15, 0.2) is 77.7 Å². The lowest BCUT2D eigenvalue weighted by Gasteiger charge is -2.12. The monoisotopic (exact) mass is 419 g/mol. The lowest BCUT2D eigenvalue weighted by molar-refractivity contribution is 0.0942. The molecular formula is C23H18FN3O4. The molecule has 0 aliphatic carbocycles. The van der Waals surface area contributed by atoms with Crippen LogP contribution in [-0.4, -0.2) is 20.4 Å². The Morgan fingerprint density at radius 1 is 1.03 bits per heavy atom. The van der Waals surface area contributed by atoms with Gasteiger partial charge in [0.2, 0.25) is 5.75 Å². The molecule has 2 aromatic carbocycles. The number of fused-ring (bicyclic) bond motifs is 1. The second-order valence-corrected chi connectivity index (χ2v) is 6.76. The van der Waals surface area contributed by atoms with Crippen LogP contribution in [0, 0.1) is 5.82 Å². The van der Waals surface area contributed by atoms with Crippen LogP contribution in [0.4, 0.5) is 4.39 Å². The third-order valence-electron chi connectivity index (χ3n) is 4.61. The van der Waals surface area contributed by atoms with Gasteiger partial charge in [-0.3, -0.25) is 14.0 Å². The number of hydrogen-bond acceptors (Lipinski definition) is 5. The first-order valence-corrected chi connectivity index (χ1v) is 9.46. The van der Waals surface area contributed by atoms with Gasteiger partial charge in [-0.1, -0.05) is 42.5 Å². The third kappa shape index (κ3) is 4.37. The Morgan fingerprint density at radius 2 is 1.77 bits per heavy atom. The lowest BCUT2D eigenvalue weighted by Crippen LogP contribution is -2.27. The van der Waals surface area contributed by atoms with Crippen molar-refractivity contribution in [3.63, 3.8) is 0 Å². The van der Waals surface area contributed by atoms with Crippen molar-refractivity contribution in [2.24, 2.45) is 0 Å². The smallest absolute Gasteiger partial charge is 0.300 e. The van der Waals surface area contributed by atoms with Crippen molar-refractivity contribution in [3.05, 3.63) is 106 Å². The molecule has 0 radical (unpaired) electrons. The number of pyridine rings is 1. The average Bonchev–Trinajstić information content (AvgIpc) is 2.80. The predicted octanol–water partition coefficient (Wildman–Crippen LogP) is 3.05. The first-order chi connectivity index (χ1) is 15.0. The number of rotatable bonds is 6. The van der Waals surface area contributed by atoms with E-state index in [1.54, 1.807) is 12.1 Å². The molecule has 4 aromatic rings. The number of hydrogen-bond donors (Lipinski definition) is 2. The Balaban J connectivity index is 1.62. The van der Waals surface area contributed by atoms with Crippen LogP contribution in [0.3, 0.4) is 0 Å². The summed E-state index contributed by atoms with van der Waals surface area (Å²) in [6, 6.07) is 18.2. The quantitative estimate of drug-likeness (QED) is 0.501. The fourth-order valence-corrected chi connectivity index (χ4v) is 3.00. The highest BCUT2D eigenvalue weighted by Crippen LogP contribution is 2.21. The number of aromatic nitrogens is 2. The van der Waals surface area contributed by atoms with E-state index in [0.717, 1.165) is 9.96 Å². The molecule has 0 saturated heterocycles. The fraction of sp³-hybridized carbons (Fsp3) is 0.0870. The van der Waals surface area contributed by atoms with Gasteiger partial charge in [0, 0.05) is 12.7 Å². The molecule has 2 N–H and O–H groups in total. The summed E-state index contributed by atoms with van der Waals surface area (Å²) in [6.07, 6.45) is 1.43. The molecule has 2 aromatic heterocycles. The zero-order valence-corrected chi connectivity index (χ0v) is 16.3. The zero-order chi connectivity index (χ0) is 21.8. The summed E-state index contributed by atoms with van der Waals surface area (Å²) < 4.78 is 19.9. The molecule has 0 saturated carbocycles. The van der Waals surface area contributed by atoms with Crippen molar-refractivity contribution in [3.8, 4) is 11.5 Å². The van der Waals surface area contributed by atoms with E-state index in [9.17, 15) is 19.1 Å². The lowest BCUT2D eigenvalue weighted by atomic mass is 10.2. The molecule has 0 aliphatic rings. The minimum Gasteiger partial charge on any atom is -0.501 e. The molecule has 4 rings (SSSR count). The number of halogens is 1. The summed E-state index contributed by atoms with van der Waals surface area (Å²) >= 11 is 0. The normalized spacial score (nSPS) is 10.7. The minimum atomic E-state index is -0.790. The Bertz CT molecular complexity index is 1290. The molecule has 156 valence electrons. The summed E-state index contributed by atoms with van der Waals surface area (Å²) in [4.78, 5) is 29.4. The van der Waals surface area contributed by atoms with E-state index >= 15 is 0 Å². The number of carbonyl (C=O) groups excluding carboxylic acids is 1. The van der Waals surface area contributed by atoms with Crippen LogP contribution in [0.1, 0.15) is 21.6 Å². The highest BCUT2D eigenvalue weighted by Gasteiger charge is 2.20. The molecule has 2 heterocycles. The van der Waals surface area contributed by atoms with E-state index in [-0.39, 0.29) is 30.4 Å². The largest absolute Gasteiger partial charge is 0.501 e. The van der Waals surface area contributed by atoms with Crippen molar-refractivity contribution in [1.82, 2.24) is 14.7 Å². The average molecular weight is 419 g/mol. The maximum Gasteiger partial charge on any atom is 0.300 e. The number of benzene rings is 2. The first kappa shape index (κ1) is 20.1. The van der Waals surface area contributed by atoms with Crippen molar-refractivity contribution >= 4 is 11.6 Å². The van der Waals surface area contributed by atoms with Crippen LogP contribution in [0.2, 0.25) is 0 Å². The van der Waals surface area contributed by atoms with Crippen molar-refractivity contribution < 1.29 is 19.0 Å². The van der Waals surface area contributed by atoms with Gasteiger partial charge in [0.1, 0.15) is 12.4 Å². The van der Waals surface area contributed by atoms with Gasteiger partial charge in [0.15, 0.2) is 17.1 Å². The number of amides is 1. The van der Waals surface area contributed by atoms with Gasteiger partial charge in [-0.05, 0) is 35.4 Å². The van der Waals surface area contributed by atoms with Crippen molar-refractivity contribution in [1.29, 1.82) is 0 Å². The van der Waals surface area contributed by atoms with Gasteiger partial charge in [-0.15, -0.1) is 0 Å². The summed E-state index contributed by atoms with van der Waals surface area (Å²) in [5.41, 5.74) is 0.472. The minimum absolute atomic E-state index is 0.0752. The molecule has 1 amide bonds. The molecule has 0 aliphatic heterocycles. The van der Waals surface area contributed by atoms with Crippen LogP contribution < -0.4 is 15.6 Å². The summed E-state index contributed by atoms with van der Waals surface area (Å²) in [7, 11) is 0. The molecule has 0 fully saturated rings. The van der Waals surface area contributed by atoms with E-state index in [1.807, 2.05) is 30.3 Å². The highest BCUT2D eigenvalue weighted by atomic mass is 19.1. The Morgan fingerprint density at radius 3 is 2.52 bits per heavy atom. The highest BCUT2D eigenvalue weighted by molar-refractivity contribution is 5.95. The Hall–Kier alpha value is -4.20. The fourth-order valence-electron chi connectivity index (χ4n) is 3.00. The van der Waals surface area contributed by atoms with Crippen molar-refractivity contribution in [2.75, 3.05) is 0 Å². The third-order valence-corrected chi connectivity index (χ3v) is 4.61. The number of ether oxygens (including phenoxy) is 1. The number of aromatic hydroxyl groups is 1. The molecule has 31 heavy (non-hydrogen) atoms. The summed E-state index contributed by atoms with van der Waals surface area (Å²) in [5, 5.41) is 12.8. The van der Waals surface area contributed by atoms with Crippen LogP contribution >= 0.6 is 0 Å². The standard InChI is InChI=1S/C23H18FN3O4/c24-17-10-8-15(9-11-17)13-25-22(29)19-20(28)23(30)27-12-4-7-18(21(27)26-19)31-14-16-5-2-1-3-6-16/h1-12,28H,13-14H2,(H,25,29). The van der Waals surface area contributed by atoms with Crippen molar-refractivity contribution in [2.45, 2.75) is 13.2 Å². The van der Waals surface area contributed by atoms with Gasteiger partial charge in [-0.2, -0.15) is 0 Å². The molecule has 7 nitrogen and oxygen atoms in total. The zero-order valence-electron chi connectivity index (χ0n) is 16.3. The van der Waals surface area contributed by atoms with E-state index < -0.39 is 22.9 Å². The molecule has 0 unspecified atom stereocenters. The number of nitrogens with one attached hydrogen (secondary N) is 1. The molecule has 0 spiro atoms. The molecule has 8 heteroatoms. The van der Waals surface area contributed by atoms with E-state index in [2.05, 4.69) is 10.3 Å². The molecular weight excluding hydrogens is 401 g/mol. The summed E-state index contributed by atoms with van der Waals surface area (Å²) in [5.74, 6) is -1.61. The summed E-state index contributed by atoms with van der Waals surface area (Å²) in [6.45, 7) is 0.315. The van der Waals surface area contributed by atoms with E-state index in [0.29, 0.717) is 5.56 Å². The Kier molecular flexibility index (Phi) is 5.61. The van der Waals surface area contributed by atoms with Gasteiger partial charge >= 0.3 is 5.56 Å². The topological polar surface area (TPSA) is 92.9 Å². The second-order valence-electron chi connectivity index (χ2n) is 6.76. The molecule has 0 bridgehead atoms. The first-order valence-electron chi connectivity index (χ1n) is 9.46. The van der Waals surface area contributed by atoms with Gasteiger partial charge in [0.05, 0.1) is 0 Å². The molecule has 0 atom stereocenters. The second kappa shape index (κ2) is 8.66.